The monoisotopic (exact) mass is 225 g/mol. The fourth-order valence-electron chi connectivity index (χ4n) is 1.65. The summed E-state index contributed by atoms with van der Waals surface area (Å²) in [5.41, 5.74) is 2.04. The summed E-state index contributed by atoms with van der Waals surface area (Å²) in [6.45, 7) is 7.04. The zero-order valence-electron chi connectivity index (χ0n) is 10.7. The van der Waals surface area contributed by atoms with Crippen LogP contribution < -0.4 is 5.32 Å². The summed E-state index contributed by atoms with van der Waals surface area (Å²) in [6.07, 6.45) is 1.92. The van der Waals surface area contributed by atoms with Crippen molar-refractivity contribution in [2.75, 3.05) is 13.7 Å². The third-order valence-electron chi connectivity index (χ3n) is 3.09. The van der Waals surface area contributed by atoms with Crippen molar-refractivity contribution in [1.82, 2.24) is 15.1 Å². The number of nitrogens with one attached hydrogen (secondary N) is 1. The molecule has 0 aliphatic heterocycles. The van der Waals surface area contributed by atoms with Crippen LogP contribution in [0.15, 0.2) is 6.07 Å². The average molecular weight is 225 g/mol. The van der Waals surface area contributed by atoms with Crippen LogP contribution in [0.25, 0.3) is 0 Å². The molecule has 0 spiro atoms. The molecule has 0 amide bonds. The first kappa shape index (κ1) is 13.2. The minimum atomic E-state index is -0.305. The molecule has 16 heavy (non-hydrogen) atoms. The molecular weight excluding hydrogens is 202 g/mol. The highest BCUT2D eigenvalue weighted by molar-refractivity contribution is 5.11. The van der Waals surface area contributed by atoms with Crippen LogP contribution in [-0.2, 0) is 19.4 Å². The molecule has 2 N–H and O–H groups in total. The number of likely N-dealkylation sites (N-methyl/N-ethyl adjacent to an activating group) is 1. The lowest BCUT2D eigenvalue weighted by atomic mass is 10.0. The lowest BCUT2D eigenvalue weighted by molar-refractivity contribution is 0.160. The first-order valence-corrected chi connectivity index (χ1v) is 5.94. The molecule has 0 saturated heterocycles. The third-order valence-corrected chi connectivity index (χ3v) is 3.09. The lowest BCUT2D eigenvalue weighted by Crippen LogP contribution is -2.47. The molecule has 1 aromatic heterocycles. The van der Waals surface area contributed by atoms with Crippen molar-refractivity contribution in [1.29, 1.82) is 0 Å². The summed E-state index contributed by atoms with van der Waals surface area (Å²) in [4.78, 5) is 0. The van der Waals surface area contributed by atoms with Crippen LogP contribution in [0.3, 0.4) is 0 Å². The van der Waals surface area contributed by atoms with E-state index in [0.717, 1.165) is 18.5 Å². The summed E-state index contributed by atoms with van der Waals surface area (Å²) >= 11 is 0. The van der Waals surface area contributed by atoms with Gasteiger partial charge in [-0.1, -0.05) is 13.8 Å². The second-order valence-electron chi connectivity index (χ2n) is 4.46. The van der Waals surface area contributed by atoms with E-state index in [2.05, 4.69) is 30.3 Å². The Morgan fingerprint density at radius 2 is 2.12 bits per heavy atom. The Bertz CT molecular complexity index is 329. The number of hydrogen-bond donors (Lipinski definition) is 2. The van der Waals surface area contributed by atoms with Crippen LogP contribution in [0.2, 0.25) is 0 Å². The summed E-state index contributed by atoms with van der Waals surface area (Å²) in [6, 6.07) is 2.15. The zero-order chi connectivity index (χ0) is 12.2. The fourth-order valence-corrected chi connectivity index (χ4v) is 1.65. The van der Waals surface area contributed by atoms with Gasteiger partial charge in [0, 0.05) is 5.69 Å². The van der Waals surface area contributed by atoms with E-state index < -0.39 is 0 Å². The van der Waals surface area contributed by atoms with E-state index in [0.29, 0.717) is 6.54 Å². The van der Waals surface area contributed by atoms with E-state index in [9.17, 15) is 5.11 Å². The summed E-state index contributed by atoms with van der Waals surface area (Å²) in [5, 5.41) is 17.1. The minimum Gasteiger partial charge on any atom is -0.394 e. The third kappa shape index (κ3) is 2.83. The Labute approximate surface area is 97.7 Å². The maximum Gasteiger partial charge on any atom is 0.0628 e. The molecule has 92 valence electrons. The second-order valence-corrected chi connectivity index (χ2v) is 4.46. The molecule has 0 aliphatic rings. The van der Waals surface area contributed by atoms with Gasteiger partial charge in [-0.2, -0.15) is 5.10 Å². The van der Waals surface area contributed by atoms with Gasteiger partial charge in [-0.05, 0) is 32.9 Å². The maximum absolute atomic E-state index is 9.37. The quantitative estimate of drug-likeness (QED) is 0.759. The van der Waals surface area contributed by atoms with Crippen molar-refractivity contribution in [2.45, 2.75) is 45.7 Å². The number of aliphatic hydroxyl groups excluding tert-OH is 1. The maximum atomic E-state index is 9.37. The van der Waals surface area contributed by atoms with E-state index in [1.807, 2.05) is 18.7 Å². The van der Waals surface area contributed by atoms with E-state index in [-0.39, 0.29) is 12.1 Å². The Morgan fingerprint density at radius 1 is 1.44 bits per heavy atom. The van der Waals surface area contributed by atoms with Gasteiger partial charge in [0.25, 0.3) is 0 Å². The molecule has 1 aromatic rings. The van der Waals surface area contributed by atoms with Crippen LogP contribution in [0.5, 0.6) is 0 Å². The smallest absolute Gasteiger partial charge is 0.0628 e. The van der Waals surface area contributed by atoms with Gasteiger partial charge in [-0.3, -0.25) is 4.68 Å². The van der Waals surface area contributed by atoms with Gasteiger partial charge in [0.05, 0.1) is 24.4 Å². The number of nitrogens with zero attached hydrogens (tertiary/aromatic N) is 2. The molecule has 4 nitrogen and oxygen atoms in total. The second kappa shape index (κ2) is 5.46. The van der Waals surface area contributed by atoms with Gasteiger partial charge < -0.3 is 10.4 Å². The van der Waals surface area contributed by atoms with Gasteiger partial charge in [0.15, 0.2) is 0 Å². The van der Waals surface area contributed by atoms with Crippen molar-refractivity contribution >= 4 is 0 Å². The Morgan fingerprint density at radius 3 is 2.56 bits per heavy atom. The summed E-state index contributed by atoms with van der Waals surface area (Å²) in [5.74, 6) is 0. The number of aryl methyl sites for hydroxylation is 2. The topological polar surface area (TPSA) is 50.1 Å². The molecule has 0 bridgehead atoms. The van der Waals surface area contributed by atoms with Crippen LogP contribution in [0, 0.1) is 0 Å². The molecule has 0 aromatic carbocycles. The van der Waals surface area contributed by atoms with Crippen LogP contribution in [0.1, 0.15) is 32.2 Å². The van der Waals surface area contributed by atoms with Crippen molar-refractivity contribution in [3.63, 3.8) is 0 Å². The van der Waals surface area contributed by atoms with Crippen molar-refractivity contribution < 1.29 is 5.11 Å². The van der Waals surface area contributed by atoms with Crippen molar-refractivity contribution in [3.05, 3.63) is 17.5 Å². The molecule has 1 heterocycles. The standard InChI is InChI=1S/C12H23N3O/c1-5-10-7-11(6-2)15(14-10)8-12(3,9-16)13-4/h7,13,16H,5-6,8-9H2,1-4H3. The van der Waals surface area contributed by atoms with E-state index >= 15 is 0 Å². The van der Waals surface area contributed by atoms with E-state index in [1.54, 1.807) is 0 Å². The molecule has 1 rings (SSSR count). The van der Waals surface area contributed by atoms with Gasteiger partial charge >= 0.3 is 0 Å². The summed E-state index contributed by atoms with van der Waals surface area (Å²) < 4.78 is 2.01. The number of aliphatic hydroxyl groups is 1. The van der Waals surface area contributed by atoms with Gasteiger partial charge in [0.1, 0.15) is 0 Å². The predicted molar refractivity (Wildman–Crippen MR) is 65.5 cm³/mol. The van der Waals surface area contributed by atoms with Crippen molar-refractivity contribution in [2.24, 2.45) is 0 Å². The Balaban J connectivity index is 2.90. The van der Waals surface area contributed by atoms with E-state index in [4.69, 9.17) is 0 Å². The van der Waals surface area contributed by atoms with Crippen LogP contribution >= 0.6 is 0 Å². The first-order chi connectivity index (χ1) is 7.58. The largest absolute Gasteiger partial charge is 0.394 e. The highest BCUT2D eigenvalue weighted by atomic mass is 16.3. The minimum absolute atomic E-state index is 0.105. The average Bonchev–Trinajstić information content (AvgIpc) is 2.71. The first-order valence-electron chi connectivity index (χ1n) is 5.94. The summed E-state index contributed by atoms with van der Waals surface area (Å²) in [7, 11) is 1.87. The highest BCUT2D eigenvalue weighted by Gasteiger charge is 2.23. The molecule has 0 aliphatic carbocycles. The molecule has 0 fully saturated rings. The fraction of sp³-hybridized carbons (Fsp3) is 0.750. The van der Waals surface area contributed by atoms with Gasteiger partial charge in [-0.25, -0.2) is 0 Å². The highest BCUT2D eigenvalue weighted by Crippen LogP contribution is 2.11. The number of rotatable bonds is 6. The van der Waals surface area contributed by atoms with Gasteiger partial charge in [-0.15, -0.1) is 0 Å². The van der Waals surface area contributed by atoms with Crippen LogP contribution in [0.4, 0.5) is 0 Å². The Kier molecular flexibility index (Phi) is 4.50. The molecule has 0 saturated carbocycles. The van der Waals surface area contributed by atoms with Gasteiger partial charge in [0.2, 0.25) is 0 Å². The SMILES string of the molecule is CCc1cc(CC)n(CC(C)(CO)NC)n1. The zero-order valence-corrected chi connectivity index (χ0v) is 10.7. The molecule has 1 atom stereocenters. The lowest BCUT2D eigenvalue weighted by Gasteiger charge is -2.27. The van der Waals surface area contributed by atoms with Crippen LogP contribution in [-0.4, -0.2) is 34.1 Å². The normalized spacial score (nSPS) is 15.1. The number of hydrogen-bond acceptors (Lipinski definition) is 3. The molecule has 4 heteroatoms. The van der Waals surface area contributed by atoms with Crippen molar-refractivity contribution in [3.8, 4) is 0 Å². The Hall–Kier alpha value is -0.870. The predicted octanol–water partition coefficient (Wildman–Crippen LogP) is 0.978. The number of aromatic nitrogens is 2. The van der Waals surface area contributed by atoms with E-state index in [1.165, 1.54) is 5.69 Å². The molecule has 0 radical (unpaired) electrons. The molecule has 1 unspecified atom stereocenters. The molecular formula is C12H23N3O.